The number of benzene rings is 1. The van der Waals surface area contributed by atoms with Crippen LogP contribution in [-0.4, -0.2) is 30.9 Å². The molecule has 0 radical (unpaired) electrons. The lowest BCUT2D eigenvalue weighted by molar-refractivity contribution is 0.644. The summed E-state index contributed by atoms with van der Waals surface area (Å²) in [7, 11) is 0. The summed E-state index contributed by atoms with van der Waals surface area (Å²) in [5.41, 5.74) is 0.476. The van der Waals surface area contributed by atoms with E-state index in [1.807, 2.05) is 12.1 Å². The summed E-state index contributed by atoms with van der Waals surface area (Å²) in [6.07, 6.45) is 0. The van der Waals surface area contributed by atoms with E-state index in [2.05, 4.69) is 34.4 Å². The van der Waals surface area contributed by atoms with E-state index in [0.29, 0.717) is 22.7 Å². The van der Waals surface area contributed by atoms with Crippen LogP contribution in [0.2, 0.25) is 0 Å². The van der Waals surface area contributed by atoms with Crippen LogP contribution in [0.15, 0.2) is 37.7 Å². The third-order valence-corrected chi connectivity index (χ3v) is 6.45. The second-order valence-corrected chi connectivity index (χ2v) is 8.66. The second kappa shape index (κ2) is 7.41. The van der Waals surface area contributed by atoms with Gasteiger partial charge in [-0.05, 0) is 18.1 Å². The maximum absolute atomic E-state index is 12.3. The van der Waals surface area contributed by atoms with Gasteiger partial charge in [-0.15, -0.1) is 15.3 Å². The van der Waals surface area contributed by atoms with Gasteiger partial charge >= 0.3 is 0 Å². The molecule has 0 fully saturated rings. The fraction of sp³-hybridized carbons (Fsp3) is 0.357. The highest BCUT2D eigenvalue weighted by atomic mass is 32.2. The summed E-state index contributed by atoms with van der Waals surface area (Å²) in [6.45, 7) is 4.35. The van der Waals surface area contributed by atoms with Crippen LogP contribution in [0.25, 0.3) is 10.9 Å². The fourth-order valence-electron chi connectivity index (χ4n) is 1.78. The van der Waals surface area contributed by atoms with Gasteiger partial charge in [0.2, 0.25) is 0 Å². The van der Waals surface area contributed by atoms with Gasteiger partial charge in [0.15, 0.2) is 8.68 Å². The van der Waals surface area contributed by atoms with Crippen molar-refractivity contribution in [2.45, 2.75) is 28.4 Å². The molecule has 120 valence electrons. The quantitative estimate of drug-likeness (QED) is 0.621. The number of hydrogen-bond acceptors (Lipinski definition) is 8. The molecule has 3 aromatic rings. The number of rotatable bonds is 6. The summed E-state index contributed by atoms with van der Waals surface area (Å²) < 4.78 is 3.14. The van der Waals surface area contributed by atoms with E-state index in [9.17, 15) is 4.79 Å². The molecule has 0 saturated heterocycles. The third kappa shape index (κ3) is 4.10. The minimum Gasteiger partial charge on any atom is -0.267 e. The van der Waals surface area contributed by atoms with Crippen LogP contribution in [0, 0.1) is 5.92 Å². The Kier molecular flexibility index (Phi) is 5.29. The Morgan fingerprint density at radius 3 is 2.65 bits per heavy atom. The highest BCUT2D eigenvalue weighted by Crippen LogP contribution is 2.30. The van der Waals surface area contributed by atoms with E-state index in [4.69, 9.17) is 0 Å². The molecule has 23 heavy (non-hydrogen) atoms. The Hall–Kier alpha value is -1.45. The highest BCUT2D eigenvalue weighted by molar-refractivity contribution is 8.02. The van der Waals surface area contributed by atoms with Crippen LogP contribution in [0.4, 0.5) is 0 Å². The van der Waals surface area contributed by atoms with Gasteiger partial charge in [-0.3, -0.25) is 4.79 Å². The van der Waals surface area contributed by atoms with Crippen LogP contribution >= 0.6 is 34.9 Å². The van der Waals surface area contributed by atoms with E-state index in [1.54, 1.807) is 35.2 Å². The third-order valence-electron chi connectivity index (χ3n) is 2.87. The second-order valence-electron chi connectivity index (χ2n) is 5.22. The Morgan fingerprint density at radius 1 is 1.13 bits per heavy atom. The number of hydrogen-bond donors (Lipinski definition) is 0. The molecule has 2 heterocycles. The van der Waals surface area contributed by atoms with Crippen molar-refractivity contribution in [2.75, 3.05) is 5.75 Å². The van der Waals surface area contributed by atoms with E-state index >= 15 is 0 Å². The van der Waals surface area contributed by atoms with Crippen molar-refractivity contribution in [1.82, 2.24) is 25.2 Å². The summed E-state index contributed by atoms with van der Waals surface area (Å²) in [4.78, 5) is 12.3. The van der Waals surface area contributed by atoms with Crippen molar-refractivity contribution in [3.05, 3.63) is 34.6 Å². The number of nitrogens with zero attached hydrogens (tertiary/aromatic N) is 5. The number of thioether (sulfide) groups is 2. The van der Waals surface area contributed by atoms with E-state index in [-0.39, 0.29) is 5.56 Å². The normalized spacial score (nSPS) is 11.4. The molecule has 0 amide bonds. The van der Waals surface area contributed by atoms with Crippen LogP contribution < -0.4 is 5.56 Å². The smallest absolute Gasteiger partial charge is 0.267 e. The van der Waals surface area contributed by atoms with Crippen molar-refractivity contribution in [3.63, 3.8) is 0 Å². The first-order valence-corrected chi connectivity index (χ1v) is 9.84. The summed E-state index contributed by atoms with van der Waals surface area (Å²) >= 11 is 4.70. The zero-order valence-electron chi connectivity index (χ0n) is 12.7. The standard InChI is InChI=1S/C14H15N5OS3/c1-9(2)7-21-13-16-17-14(23-13)22-8-19-12(20)10-5-3-4-6-11(10)15-18-19/h3-6,9H,7-8H2,1-2H3. The zero-order chi connectivity index (χ0) is 16.2. The van der Waals surface area contributed by atoms with Gasteiger partial charge in [0.25, 0.3) is 5.56 Å². The molecule has 0 aliphatic heterocycles. The molecule has 1 aromatic carbocycles. The minimum absolute atomic E-state index is 0.137. The lowest BCUT2D eigenvalue weighted by Crippen LogP contribution is -2.23. The van der Waals surface area contributed by atoms with Crippen molar-refractivity contribution >= 4 is 45.8 Å². The van der Waals surface area contributed by atoms with Gasteiger partial charge < -0.3 is 0 Å². The Morgan fingerprint density at radius 2 is 1.87 bits per heavy atom. The molecule has 2 aromatic heterocycles. The van der Waals surface area contributed by atoms with E-state index < -0.39 is 0 Å². The molecule has 0 aliphatic rings. The average molecular weight is 366 g/mol. The maximum atomic E-state index is 12.3. The highest BCUT2D eigenvalue weighted by Gasteiger charge is 2.09. The molecule has 0 atom stereocenters. The Balaban J connectivity index is 1.69. The van der Waals surface area contributed by atoms with Crippen LogP contribution in [0.3, 0.4) is 0 Å². The summed E-state index contributed by atoms with van der Waals surface area (Å²) in [5.74, 6) is 2.01. The molecule has 0 bridgehead atoms. The average Bonchev–Trinajstić information content (AvgIpc) is 3.00. The van der Waals surface area contributed by atoms with E-state index in [1.165, 1.54) is 16.4 Å². The van der Waals surface area contributed by atoms with Gasteiger partial charge in [-0.25, -0.2) is 0 Å². The predicted molar refractivity (Wildman–Crippen MR) is 95.1 cm³/mol. The molecular weight excluding hydrogens is 350 g/mol. The Labute approximate surface area is 145 Å². The predicted octanol–water partition coefficient (Wildman–Crippen LogP) is 3.14. The SMILES string of the molecule is CC(C)CSc1nnc(SCn2nnc3ccccc3c2=O)s1. The summed E-state index contributed by atoms with van der Waals surface area (Å²) in [5, 5.41) is 16.9. The van der Waals surface area contributed by atoms with Crippen LogP contribution in [0.1, 0.15) is 13.8 Å². The van der Waals surface area contributed by atoms with Gasteiger partial charge in [-0.2, -0.15) is 4.68 Å². The van der Waals surface area contributed by atoms with Crippen molar-refractivity contribution in [3.8, 4) is 0 Å². The molecule has 0 aliphatic carbocycles. The fourth-order valence-corrected chi connectivity index (χ4v) is 4.63. The van der Waals surface area contributed by atoms with Gasteiger partial charge in [0.05, 0.1) is 11.3 Å². The largest absolute Gasteiger partial charge is 0.278 e. The number of aromatic nitrogens is 5. The molecular formula is C14H15N5OS3. The van der Waals surface area contributed by atoms with E-state index in [0.717, 1.165) is 14.4 Å². The van der Waals surface area contributed by atoms with Crippen LogP contribution in [-0.2, 0) is 5.88 Å². The number of fused-ring (bicyclic) bond motifs is 1. The zero-order valence-corrected chi connectivity index (χ0v) is 15.1. The Bertz CT molecular complexity index is 861. The molecule has 0 unspecified atom stereocenters. The lowest BCUT2D eigenvalue weighted by atomic mass is 10.2. The minimum atomic E-state index is -0.137. The first kappa shape index (κ1) is 16.4. The van der Waals surface area contributed by atoms with Crippen molar-refractivity contribution < 1.29 is 0 Å². The molecule has 0 spiro atoms. The molecule has 0 saturated carbocycles. The van der Waals surface area contributed by atoms with Gasteiger partial charge in [-0.1, -0.05) is 66.1 Å². The monoisotopic (exact) mass is 365 g/mol. The van der Waals surface area contributed by atoms with Gasteiger partial charge in [0, 0.05) is 5.75 Å². The van der Waals surface area contributed by atoms with Crippen LogP contribution in [0.5, 0.6) is 0 Å². The molecule has 9 heteroatoms. The first-order chi connectivity index (χ1) is 11.1. The maximum Gasteiger partial charge on any atom is 0.278 e. The van der Waals surface area contributed by atoms with Crippen molar-refractivity contribution in [2.24, 2.45) is 5.92 Å². The van der Waals surface area contributed by atoms with Crippen molar-refractivity contribution in [1.29, 1.82) is 0 Å². The molecule has 0 N–H and O–H groups in total. The first-order valence-electron chi connectivity index (χ1n) is 7.05. The molecule has 3 rings (SSSR count). The topological polar surface area (TPSA) is 73.6 Å². The lowest BCUT2D eigenvalue weighted by Gasteiger charge is -2.02. The summed E-state index contributed by atoms with van der Waals surface area (Å²) in [6, 6.07) is 7.21. The molecule has 6 nitrogen and oxygen atoms in total. The van der Waals surface area contributed by atoms with Gasteiger partial charge in [0.1, 0.15) is 5.52 Å².